The third kappa shape index (κ3) is 4.28. The summed E-state index contributed by atoms with van der Waals surface area (Å²) in [4.78, 5) is 19.1. The molecular formula is C21H23N3O3. The number of furan rings is 1. The highest BCUT2D eigenvalue weighted by Gasteiger charge is 2.23. The summed E-state index contributed by atoms with van der Waals surface area (Å²) in [7, 11) is 0. The Morgan fingerprint density at radius 2 is 1.93 bits per heavy atom. The third-order valence-electron chi connectivity index (χ3n) is 4.76. The Kier molecular flexibility index (Phi) is 5.07. The van der Waals surface area contributed by atoms with E-state index in [1.54, 1.807) is 0 Å². The van der Waals surface area contributed by atoms with Crippen LogP contribution in [-0.4, -0.2) is 28.9 Å². The van der Waals surface area contributed by atoms with E-state index in [1.165, 1.54) is 0 Å². The van der Waals surface area contributed by atoms with Gasteiger partial charge in [-0.3, -0.25) is 9.69 Å². The number of amides is 1. The standard InChI is InChI=1S/C21H23N3O3/c1-15-7-8-17(26-15)14-24-11-9-18-19(10-12-24)27-21(23-18)20(25)22-13-16-5-3-2-4-6-16/h2-8H,9-14H2,1H3,(H,22,25). The predicted molar refractivity (Wildman–Crippen MR) is 100 cm³/mol. The van der Waals surface area contributed by atoms with Crippen LogP contribution in [0.3, 0.4) is 0 Å². The average molecular weight is 365 g/mol. The summed E-state index contributed by atoms with van der Waals surface area (Å²) in [6.45, 7) is 4.91. The van der Waals surface area contributed by atoms with E-state index >= 15 is 0 Å². The summed E-state index contributed by atoms with van der Waals surface area (Å²) in [5.74, 6) is 2.61. The van der Waals surface area contributed by atoms with Crippen molar-refractivity contribution >= 4 is 5.91 Å². The first-order chi connectivity index (χ1) is 13.2. The lowest BCUT2D eigenvalue weighted by molar-refractivity contribution is 0.0914. The Bertz CT molecular complexity index is 888. The first kappa shape index (κ1) is 17.5. The molecule has 1 aliphatic heterocycles. The summed E-state index contributed by atoms with van der Waals surface area (Å²) in [6, 6.07) is 13.8. The molecule has 0 bridgehead atoms. The summed E-state index contributed by atoms with van der Waals surface area (Å²) in [5, 5.41) is 2.87. The maximum absolute atomic E-state index is 12.3. The molecular weight excluding hydrogens is 342 g/mol. The van der Waals surface area contributed by atoms with E-state index in [-0.39, 0.29) is 11.8 Å². The lowest BCUT2D eigenvalue weighted by Gasteiger charge is -2.17. The second-order valence-corrected chi connectivity index (χ2v) is 6.85. The molecule has 0 saturated carbocycles. The van der Waals surface area contributed by atoms with Crippen LogP contribution in [0.25, 0.3) is 0 Å². The molecule has 0 saturated heterocycles. The zero-order valence-corrected chi connectivity index (χ0v) is 15.4. The SMILES string of the molecule is Cc1ccc(CN2CCc3nc(C(=O)NCc4ccccc4)oc3CC2)o1. The molecule has 140 valence electrons. The molecule has 6 nitrogen and oxygen atoms in total. The van der Waals surface area contributed by atoms with Gasteiger partial charge in [0.1, 0.15) is 17.3 Å². The van der Waals surface area contributed by atoms with Crippen LogP contribution in [0.1, 0.15) is 39.2 Å². The van der Waals surface area contributed by atoms with Crippen LogP contribution < -0.4 is 5.32 Å². The minimum Gasteiger partial charge on any atom is -0.465 e. The maximum Gasteiger partial charge on any atom is 0.307 e. The van der Waals surface area contributed by atoms with Crippen LogP contribution in [0.2, 0.25) is 0 Å². The van der Waals surface area contributed by atoms with Gasteiger partial charge in [-0.05, 0) is 24.6 Å². The van der Waals surface area contributed by atoms with Gasteiger partial charge in [-0.25, -0.2) is 4.98 Å². The molecule has 0 fully saturated rings. The summed E-state index contributed by atoms with van der Waals surface area (Å²) < 4.78 is 11.4. The Balaban J connectivity index is 1.34. The average Bonchev–Trinajstić information content (AvgIpc) is 3.24. The Hall–Kier alpha value is -2.86. The fraction of sp³-hybridized carbons (Fsp3) is 0.333. The number of nitrogens with zero attached hydrogens (tertiary/aromatic N) is 2. The summed E-state index contributed by atoms with van der Waals surface area (Å²) >= 11 is 0. The lowest BCUT2D eigenvalue weighted by Crippen LogP contribution is -2.26. The lowest BCUT2D eigenvalue weighted by atomic mass is 10.2. The molecule has 3 heterocycles. The van der Waals surface area contributed by atoms with Crippen LogP contribution in [-0.2, 0) is 25.9 Å². The number of rotatable bonds is 5. The van der Waals surface area contributed by atoms with Gasteiger partial charge in [0.05, 0.1) is 12.2 Å². The van der Waals surface area contributed by atoms with E-state index in [0.29, 0.717) is 6.54 Å². The van der Waals surface area contributed by atoms with Crippen molar-refractivity contribution in [1.29, 1.82) is 0 Å². The number of benzene rings is 1. The predicted octanol–water partition coefficient (Wildman–Crippen LogP) is 3.11. The molecule has 0 unspecified atom stereocenters. The van der Waals surface area contributed by atoms with E-state index in [0.717, 1.165) is 61.0 Å². The molecule has 0 aliphatic carbocycles. The van der Waals surface area contributed by atoms with Gasteiger partial charge in [0.2, 0.25) is 0 Å². The van der Waals surface area contributed by atoms with Crippen LogP contribution in [0.5, 0.6) is 0 Å². The fourth-order valence-electron chi connectivity index (χ4n) is 3.31. The number of aryl methyl sites for hydroxylation is 1. The highest BCUT2D eigenvalue weighted by atomic mass is 16.4. The molecule has 27 heavy (non-hydrogen) atoms. The zero-order valence-electron chi connectivity index (χ0n) is 15.4. The van der Waals surface area contributed by atoms with Crippen molar-refractivity contribution < 1.29 is 13.6 Å². The third-order valence-corrected chi connectivity index (χ3v) is 4.76. The van der Waals surface area contributed by atoms with Gasteiger partial charge in [-0.15, -0.1) is 0 Å². The van der Waals surface area contributed by atoms with Gasteiger partial charge in [0.15, 0.2) is 0 Å². The molecule has 6 heteroatoms. The topological polar surface area (TPSA) is 71.5 Å². The second-order valence-electron chi connectivity index (χ2n) is 6.85. The Morgan fingerprint density at radius 3 is 2.70 bits per heavy atom. The van der Waals surface area contributed by atoms with Crippen molar-refractivity contribution in [1.82, 2.24) is 15.2 Å². The minimum atomic E-state index is -0.269. The molecule has 0 atom stereocenters. The molecule has 0 radical (unpaired) electrons. The smallest absolute Gasteiger partial charge is 0.307 e. The number of carbonyl (C=O) groups is 1. The Morgan fingerprint density at radius 1 is 1.11 bits per heavy atom. The van der Waals surface area contributed by atoms with Crippen LogP contribution in [0.15, 0.2) is 51.3 Å². The van der Waals surface area contributed by atoms with Gasteiger partial charge in [0.25, 0.3) is 5.89 Å². The molecule has 1 aliphatic rings. The van der Waals surface area contributed by atoms with Gasteiger partial charge < -0.3 is 14.2 Å². The Labute approximate surface area is 158 Å². The fourth-order valence-corrected chi connectivity index (χ4v) is 3.31. The summed E-state index contributed by atoms with van der Waals surface area (Å²) in [6.07, 6.45) is 1.51. The molecule has 4 rings (SSSR count). The van der Waals surface area contributed by atoms with E-state index in [4.69, 9.17) is 8.83 Å². The van der Waals surface area contributed by atoms with Crippen LogP contribution in [0.4, 0.5) is 0 Å². The second kappa shape index (κ2) is 7.80. The van der Waals surface area contributed by atoms with Gasteiger partial charge in [-0.2, -0.15) is 0 Å². The van der Waals surface area contributed by atoms with Gasteiger partial charge in [-0.1, -0.05) is 30.3 Å². The summed E-state index contributed by atoms with van der Waals surface area (Å²) in [5.41, 5.74) is 1.93. The van der Waals surface area contributed by atoms with Crippen molar-refractivity contribution in [3.8, 4) is 0 Å². The van der Waals surface area contributed by atoms with E-state index < -0.39 is 0 Å². The first-order valence-electron chi connectivity index (χ1n) is 9.26. The largest absolute Gasteiger partial charge is 0.465 e. The number of nitrogens with one attached hydrogen (secondary N) is 1. The van der Waals surface area contributed by atoms with Crippen molar-refractivity contribution in [3.05, 3.63) is 76.9 Å². The van der Waals surface area contributed by atoms with Gasteiger partial charge >= 0.3 is 5.91 Å². The molecule has 1 N–H and O–H groups in total. The number of fused-ring (bicyclic) bond motifs is 1. The number of oxazole rings is 1. The van der Waals surface area contributed by atoms with E-state index in [1.807, 2.05) is 49.4 Å². The number of hydrogen-bond acceptors (Lipinski definition) is 5. The highest BCUT2D eigenvalue weighted by Crippen LogP contribution is 2.19. The van der Waals surface area contributed by atoms with Crippen molar-refractivity contribution in [3.63, 3.8) is 0 Å². The number of carbonyl (C=O) groups excluding carboxylic acids is 1. The van der Waals surface area contributed by atoms with Crippen LogP contribution >= 0.6 is 0 Å². The van der Waals surface area contributed by atoms with Crippen molar-refractivity contribution in [2.45, 2.75) is 32.9 Å². The monoisotopic (exact) mass is 365 g/mol. The first-order valence-corrected chi connectivity index (χ1v) is 9.26. The zero-order chi connectivity index (χ0) is 18.6. The number of hydrogen-bond donors (Lipinski definition) is 1. The van der Waals surface area contributed by atoms with E-state index in [9.17, 15) is 4.79 Å². The highest BCUT2D eigenvalue weighted by molar-refractivity contribution is 5.89. The molecule has 0 spiro atoms. The quantitative estimate of drug-likeness (QED) is 0.752. The minimum absolute atomic E-state index is 0.158. The van der Waals surface area contributed by atoms with Crippen molar-refractivity contribution in [2.75, 3.05) is 13.1 Å². The molecule has 1 aromatic carbocycles. The molecule has 3 aromatic rings. The normalized spacial score (nSPS) is 14.6. The number of aromatic nitrogens is 1. The van der Waals surface area contributed by atoms with Crippen LogP contribution in [0, 0.1) is 6.92 Å². The van der Waals surface area contributed by atoms with Gasteiger partial charge in [0, 0.05) is 32.5 Å². The molecule has 2 aromatic heterocycles. The molecule has 1 amide bonds. The van der Waals surface area contributed by atoms with E-state index in [2.05, 4.69) is 15.2 Å². The van der Waals surface area contributed by atoms with Crippen molar-refractivity contribution in [2.24, 2.45) is 0 Å². The maximum atomic E-state index is 12.3.